The number of nitrogens with zero attached hydrogens (tertiary/aromatic N) is 2. The smallest absolute Gasteiger partial charge is 0.404 e. The van der Waals surface area contributed by atoms with Gasteiger partial charge in [-0.05, 0) is 31.7 Å². The Bertz CT molecular complexity index is 1020. The summed E-state index contributed by atoms with van der Waals surface area (Å²) in [6, 6.07) is 2.78. The number of halogens is 1. The number of sulfonamides is 1. The van der Waals surface area contributed by atoms with Gasteiger partial charge in [-0.1, -0.05) is 6.92 Å². The molecule has 0 atom stereocenters. The summed E-state index contributed by atoms with van der Waals surface area (Å²) >= 11 is 0. The van der Waals surface area contributed by atoms with Crippen LogP contribution in [0.2, 0.25) is 0 Å². The van der Waals surface area contributed by atoms with Crippen LogP contribution in [-0.4, -0.2) is 80.3 Å². The number of aromatic nitrogens is 1. The maximum absolute atomic E-state index is 13.1. The number of carbonyl (C=O) groups is 2. The number of amides is 2. The Kier molecular flexibility index (Phi) is 9.03. The highest BCUT2D eigenvalue weighted by Gasteiger charge is 2.41. The van der Waals surface area contributed by atoms with Crippen molar-refractivity contribution in [3.63, 3.8) is 0 Å². The second-order valence-electron chi connectivity index (χ2n) is 8.87. The lowest BCUT2D eigenvalue weighted by atomic mass is 9.80. The maximum atomic E-state index is 13.1. The Hall–Kier alpha value is -2.77. The molecule has 3 N–H and O–H groups in total. The standard InChI is InChI=1S/C22H31FN4O7S/c1-22(20(28)26-17-4-10-33-11-5-17)6-8-27(9-7-22)35(31,32)18-2-3-19(24-14-18)34-15-16(12-23)13-25-21(29)30/h2-3,12,14,17,25H,4-11,13,15H2,1H3,(H,26,28)(H,29,30). The molecule has 0 spiro atoms. The fraction of sp³-hybridized carbons (Fsp3) is 0.591. The average Bonchev–Trinajstić information content (AvgIpc) is 2.85. The van der Waals surface area contributed by atoms with Gasteiger partial charge in [-0.2, -0.15) is 4.31 Å². The highest BCUT2D eigenvalue weighted by atomic mass is 32.2. The molecule has 3 heterocycles. The highest BCUT2D eigenvalue weighted by molar-refractivity contribution is 7.89. The molecule has 0 radical (unpaired) electrons. The fourth-order valence-corrected chi connectivity index (χ4v) is 5.27. The van der Waals surface area contributed by atoms with E-state index in [4.69, 9.17) is 14.6 Å². The molecule has 2 fully saturated rings. The third kappa shape index (κ3) is 7.12. The minimum atomic E-state index is -3.82. The van der Waals surface area contributed by atoms with Gasteiger partial charge in [0, 0.05) is 55.9 Å². The van der Waals surface area contributed by atoms with E-state index in [9.17, 15) is 22.4 Å². The van der Waals surface area contributed by atoms with E-state index in [1.165, 1.54) is 16.4 Å². The molecule has 13 heteroatoms. The molecule has 0 unspecified atom stereocenters. The molecule has 0 saturated carbocycles. The van der Waals surface area contributed by atoms with Gasteiger partial charge in [0.1, 0.15) is 11.5 Å². The molecule has 194 valence electrons. The van der Waals surface area contributed by atoms with Gasteiger partial charge >= 0.3 is 6.09 Å². The number of carboxylic acid groups (broad SMARTS) is 1. The summed E-state index contributed by atoms with van der Waals surface area (Å²) < 4.78 is 51.0. The largest absolute Gasteiger partial charge is 0.473 e. The first-order valence-electron chi connectivity index (χ1n) is 11.4. The van der Waals surface area contributed by atoms with Crippen molar-refractivity contribution >= 4 is 22.0 Å². The molecular formula is C22H31FN4O7S. The lowest BCUT2D eigenvalue weighted by Crippen LogP contribution is -2.51. The van der Waals surface area contributed by atoms with Crippen molar-refractivity contribution in [3.8, 4) is 5.88 Å². The Balaban J connectivity index is 1.54. The van der Waals surface area contributed by atoms with Crippen LogP contribution in [0.3, 0.4) is 0 Å². The molecule has 0 bridgehead atoms. The Labute approximate surface area is 203 Å². The molecule has 1 aromatic rings. The molecule has 1 aromatic heterocycles. The van der Waals surface area contributed by atoms with Crippen molar-refractivity contribution in [2.75, 3.05) is 39.5 Å². The van der Waals surface area contributed by atoms with Gasteiger partial charge in [-0.3, -0.25) is 4.79 Å². The first-order chi connectivity index (χ1) is 16.6. The minimum Gasteiger partial charge on any atom is -0.473 e. The van der Waals surface area contributed by atoms with E-state index < -0.39 is 21.5 Å². The van der Waals surface area contributed by atoms with Crippen LogP contribution in [0.5, 0.6) is 5.88 Å². The summed E-state index contributed by atoms with van der Waals surface area (Å²) in [5.41, 5.74) is -0.597. The SMILES string of the molecule is CC1(C(=O)NC2CCOCC2)CCN(S(=O)(=O)c2ccc(OCC(=CF)CNC(=O)O)nc2)CC1. The quantitative estimate of drug-likeness (QED) is 0.451. The number of carbonyl (C=O) groups excluding carboxylic acids is 1. The Morgan fingerprint density at radius 1 is 1.31 bits per heavy atom. The summed E-state index contributed by atoms with van der Waals surface area (Å²) in [6.07, 6.45) is 2.46. The van der Waals surface area contributed by atoms with Crippen LogP contribution in [0.1, 0.15) is 32.6 Å². The van der Waals surface area contributed by atoms with Gasteiger partial charge in [0.05, 0.1) is 12.5 Å². The lowest BCUT2D eigenvalue weighted by molar-refractivity contribution is -0.133. The molecule has 0 aromatic carbocycles. The van der Waals surface area contributed by atoms with Gasteiger partial charge in [-0.25, -0.2) is 22.6 Å². The summed E-state index contributed by atoms with van der Waals surface area (Å²) in [4.78, 5) is 27.3. The summed E-state index contributed by atoms with van der Waals surface area (Å²) in [7, 11) is -3.82. The van der Waals surface area contributed by atoms with Crippen LogP contribution in [0.25, 0.3) is 0 Å². The van der Waals surface area contributed by atoms with E-state index >= 15 is 0 Å². The molecule has 2 saturated heterocycles. The fourth-order valence-electron chi connectivity index (χ4n) is 3.88. The van der Waals surface area contributed by atoms with E-state index in [1.54, 1.807) is 0 Å². The number of ether oxygens (including phenoxy) is 2. The van der Waals surface area contributed by atoms with Crippen molar-refractivity contribution in [2.45, 2.75) is 43.5 Å². The Morgan fingerprint density at radius 2 is 2.00 bits per heavy atom. The van der Waals surface area contributed by atoms with Crippen molar-refractivity contribution in [3.05, 3.63) is 30.2 Å². The first-order valence-corrected chi connectivity index (χ1v) is 12.8. The number of pyridine rings is 1. The van der Waals surface area contributed by atoms with Crippen molar-refractivity contribution in [1.29, 1.82) is 0 Å². The molecule has 35 heavy (non-hydrogen) atoms. The van der Waals surface area contributed by atoms with Crippen LogP contribution < -0.4 is 15.4 Å². The van der Waals surface area contributed by atoms with E-state index in [0.717, 1.165) is 19.0 Å². The third-order valence-corrected chi connectivity index (χ3v) is 8.19. The van der Waals surface area contributed by atoms with Gasteiger partial charge in [0.2, 0.25) is 21.8 Å². The predicted molar refractivity (Wildman–Crippen MR) is 123 cm³/mol. The molecule has 2 amide bonds. The minimum absolute atomic E-state index is 0.0195. The van der Waals surface area contributed by atoms with E-state index in [2.05, 4.69) is 10.3 Å². The maximum Gasteiger partial charge on any atom is 0.404 e. The van der Waals surface area contributed by atoms with Crippen LogP contribution >= 0.6 is 0 Å². The van der Waals surface area contributed by atoms with Crippen molar-refractivity contribution in [1.82, 2.24) is 19.9 Å². The predicted octanol–water partition coefficient (Wildman–Crippen LogP) is 1.67. The molecule has 2 aliphatic rings. The number of rotatable bonds is 9. The van der Waals surface area contributed by atoms with E-state index in [-0.39, 0.29) is 60.9 Å². The Morgan fingerprint density at radius 3 is 2.57 bits per heavy atom. The van der Waals surface area contributed by atoms with Crippen LogP contribution in [0, 0.1) is 5.41 Å². The van der Waals surface area contributed by atoms with Crippen molar-refractivity contribution in [2.24, 2.45) is 5.41 Å². The number of hydrogen-bond donors (Lipinski definition) is 3. The topological polar surface area (TPSA) is 147 Å². The van der Waals surface area contributed by atoms with Gasteiger partial charge < -0.3 is 25.2 Å². The summed E-state index contributed by atoms with van der Waals surface area (Å²) in [5.74, 6) is 0.0134. The summed E-state index contributed by atoms with van der Waals surface area (Å²) in [5, 5.41) is 13.7. The zero-order chi connectivity index (χ0) is 25.5. The molecular weight excluding hydrogens is 483 g/mol. The number of hydrogen-bond acceptors (Lipinski definition) is 7. The van der Waals surface area contributed by atoms with Gasteiger partial charge in [-0.15, -0.1) is 0 Å². The monoisotopic (exact) mass is 514 g/mol. The lowest BCUT2D eigenvalue weighted by Gasteiger charge is -2.38. The molecule has 0 aliphatic carbocycles. The summed E-state index contributed by atoms with van der Waals surface area (Å²) in [6.45, 7) is 3.03. The van der Waals surface area contributed by atoms with Crippen LogP contribution in [-0.2, 0) is 19.6 Å². The van der Waals surface area contributed by atoms with Crippen LogP contribution in [0.4, 0.5) is 9.18 Å². The van der Waals surface area contributed by atoms with Crippen molar-refractivity contribution < 1.29 is 37.0 Å². The zero-order valence-electron chi connectivity index (χ0n) is 19.5. The second kappa shape index (κ2) is 11.8. The molecule has 2 aliphatic heterocycles. The van der Waals surface area contributed by atoms with E-state index in [1.807, 2.05) is 12.2 Å². The van der Waals surface area contributed by atoms with Gasteiger partial charge in [0.25, 0.3) is 0 Å². The number of nitrogens with one attached hydrogen (secondary N) is 2. The molecule has 3 rings (SSSR count). The second-order valence-corrected chi connectivity index (χ2v) is 10.8. The average molecular weight is 515 g/mol. The van der Waals surface area contributed by atoms with Gasteiger partial charge in [0.15, 0.2) is 0 Å². The third-order valence-electron chi connectivity index (χ3n) is 6.30. The molecule has 11 nitrogen and oxygen atoms in total. The van der Waals surface area contributed by atoms with Crippen LogP contribution in [0.15, 0.2) is 35.1 Å². The highest BCUT2D eigenvalue weighted by Crippen LogP contribution is 2.34. The number of piperidine rings is 1. The zero-order valence-corrected chi connectivity index (χ0v) is 20.4. The first kappa shape index (κ1) is 26.8. The van der Waals surface area contributed by atoms with E-state index in [0.29, 0.717) is 26.1 Å². The normalized spacial score (nSPS) is 19.7.